The molecule has 0 fully saturated rings. The third-order valence-corrected chi connectivity index (χ3v) is 4.88. The molecule has 6 nitrogen and oxygen atoms in total. The summed E-state index contributed by atoms with van der Waals surface area (Å²) in [4.78, 5) is 37.2. The lowest BCUT2D eigenvalue weighted by molar-refractivity contribution is -0.139. The summed E-state index contributed by atoms with van der Waals surface area (Å²) in [5.41, 5.74) is -1.30. The maximum atomic E-state index is 13.1. The molecule has 0 spiro atoms. The van der Waals surface area contributed by atoms with Gasteiger partial charge in [-0.3, -0.25) is 9.59 Å². The lowest BCUT2D eigenvalue weighted by atomic mass is 10.0. The van der Waals surface area contributed by atoms with Crippen LogP contribution in [0.1, 0.15) is 28.4 Å². The Bertz CT molecular complexity index is 1190. The van der Waals surface area contributed by atoms with Crippen LogP contribution in [0.2, 0.25) is 0 Å². The lowest BCUT2D eigenvalue weighted by Crippen LogP contribution is -2.43. The van der Waals surface area contributed by atoms with E-state index in [1.54, 1.807) is 37.3 Å². The molecule has 0 saturated heterocycles. The number of carboxylic acids is 1. The number of rotatable bonds is 6. The van der Waals surface area contributed by atoms with Gasteiger partial charge in [0.1, 0.15) is 11.6 Å². The fraction of sp³-hybridized carbons (Fsp3) is 0.227. The van der Waals surface area contributed by atoms with E-state index in [-0.39, 0.29) is 29.4 Å². The maximum Gasteiger partial charge on any atom is 0.416 e. The molecule has 2 aromatic carbocycles. The van der Waals surface area contributed by atoms with E-state index in [1.807, 2.05) is 0 Å². The lowest BCUT2D eigenvalue weighted by Gasteiger charge is -2.17. The predicted molar refractivity (Wildman–Crippen MR) is 108 cm³/mol. The van der Waals surface area contributed by atoms with E-state index >= 15 is 0 Å². The van der Waals surface area contributed by atoms with Crippen molar-refractivity contribution in [3.63, 3.8) is 0 Å². The molecule has 0 saturated carbocycles. The minimum absolute atomic E-state index is 0.00635. The monoisotopic (exact) mass is 432 g/mol. The number of hydrogen-bond acceptors (Lipinski definition) is 3. The van der Waals surface area contributed by atoms with Crippen molar-refractivity contribution in [2.75, 3.05) is 0 Å². The van der Waals surface area contributed by atoms with Crippen LogP contribution in [0.5, 0.6) is 0 Å². The summed E-state index contributed by atoms with van der Waals surface area (Å²) in [6.07, 6.45) is -3.42. The SMILES string of the molecule is CCn1cc(C(=O)N[C@@H](Cc2ccccc2)C(=O)O)c(=O)c2ccc(C(F)(F)F)cc21. The number of hydrogen-bond donors (Lipinski definition) is 2. The first kappa shape index (κ1) is 22.1. The van der Waals surface area contributed by atoms with Crippen LogP contribution in [0, 0.1) is 0 Å². The Balaban J connectivity index is 1.99. The van der Waals surface area contributed by atoms with E-state index < -0.39 is 35.1 Å². The molecule has 0 aliphatic rings. The highest BCUT2D eigenvalue weighted by Gasteiger charge is 2.31. The summed E-state index contributed by atoms with van der Waals surface area (Å²) >= 11 is 0. The minimum atomic E-state index is -4.58. The van der Waals surface area contributed by atoms with Crippen LogP contribution >= 0.6 is 0 Å². The molecule has 1 heterocycles. The van der Waals surface area contributed by atoms with Gasteiger partial charge in [0.15, 0.2) is 0 Å². The highest BCUT2D eigenvalue weighted by molar-refractivity contribution is 5.99. The van der Waals surface area contributed by atoms with Gasteiger partial charge in [0.05, 0.1) is 11.1 Å². The fourth-order valence-corrected chi connectivity index (χ4v) is 3.28. The van der Waals surface area contributed by atoms with Gasteiger partial charge in [0.2, 0.25) is 5.43 Å². The third kappa shape index (κ3) is 4.76. The molecule has 0 bridgehead atoms. The number of fused-ring (bicyclic) bond motifs is 1. The van der Waals surface area contributed by atoms with Crippen molar-refractivity contribution in [3.8, 4) is 0 Å². The smallest absolute Gasteiger partial charge is 0.416 e. The Labute approximate surface area is 174 Å². The zero-order valence-electron chi connectivity index (χ0n) is 16.4. The van der Waals surface area contributed by atoms with Gasteiger partial charge in [-0.2, -0.15) is 13.2 Å². The minimum Gasteiger partial charge on any atom is -0.480 e. The van der Waals surface area contributed by atoms with E-state index in [2.05, 4.69) is 5.32 Å². The number of pyridine rings is 1. The standard InChI is InChI=1S/C22H19F3N2O4/c1-2-27-12-16(19(28)15-9-8-14(11-18(15)27)22(23,24)25)20(29)26-17(21(30)31)10-13-6-4-3-5-7-13/h3-9,11-12,17H,2,10H2,1H3,(H,26,29)(H,30,31)/t17-/m0/s1. The van der Waals surface area contributed by atoms with Gasteiger partial charge in [-0.1, -0.05) is 30.3 Å². The fourth-order valence-electron chi connectivity index (χ4n) is 3.28. The Morgan fingerprint density at radius 2 is 1.81 bits per heavy atom. The quantitative estimate of drug-likeness (QED) is 0.625. The van der Waals surface area contributed by atoms with E-state index in [0.29, 0.717) is 5.56 Å². The summed E-state index contributed by atoms with van der Waals surface area (Å²) in [6.45, 7) is 1.85. The molecular weight excluding hydrogens is 413 g/mol. The molecule has 1 atom stereocenters. The highest BCUT2D eigenvalue weighted by Crippen LogP contribution is 2.31. The number of carbonyl (C=O) groups excluding carboxylic acids is 1. The second-order valence-corrected chi connectivity index (χ2v) is 6.94. The molecular formula is C22H19F3N2O4. The van der Waals surface area contributed by atoms with Gasteiger partial charge in [0.25, 0.3) is 5.91 Å². The van der Waals surface area contributed by atoms with Crippen molar-refractivity contribution in [1.82, 2.24) is 9.88 Å². The third-order valence-electron chi connectivity index (χ3n) is 4.88. The molecule has 1 aromatic heterocycles. The topological polar surface area (TPSA) is 88.4 Å². The predicted octanol–water partition coefficient (Wildman–Crippen LogP) is 3.47. The molecule has 2 N–H and O–H groups in total. The average molecular weight is 432 g/mol. The van der Waals surface area contributed by atoms with Gasteiger partial charge in [-0.15, -0.1) is 0 Å². The normalized spacial score (nSPS) is 12.5. The van der Waals surface area contributed by atoms with Crippen molar-refractivity contribution in [1.29, 1.82) is 0 Å². The van der Waals surface area contributed by atoms with Crippen molar-refractivity contribution in [2.45, 2.75) is 32.1 Å². The number of carbonyl (C=O) groups is 2. The second kappa shape index (κ2) is 8.63. The number of nitrogens with zero attached hydrogens (tertiary/aromatic N) is 1. The number of alkyl halides is 3. The summed E-state index contributed by atoms with van der Waals surface area (Å²) in [7, 11) is 0. The maximum absolute atomic E-state index is 13.1. The van der Waals surface area contributed by atoms with Crippen LogP contribution in [-0.4, -0.2) is 27.6 Å². The van der Waals surface area contributed by atoms with Crippen molar-refractivity contribution in [3.05, 3.63) is 81.6 Å². The molecule has 0 radical (unpaired) electrons. The number of aryl methyl sites for hydroxylation is 1. The Kier molecular flexibility index (Phi) is 6.14. The number of amides is 1. The number of aliphatic carboxylic acids is 1. The molecule has 9 heteroatoms. The first-order valence-electron chi connectivity index (χ1n) is 9.43. The van der Waals surface area contributed by atoms with Gasteiger partial charge < -0.3 is 15.0 Å². The summed E-state index contributed by atoms with van der Waals surface area (Å²) in [6, 6.07) is 10.0. The van der Waals surface area contributed by atoms with Crippen molar-refractivity contribution >= 4 is 22.8 Å². The first-order chi connectivity index (χ1) is 14.6. The van der Waals surface area contributed by atoms with Gasteiger partial charge in [-0.05, 0) is 30.7 Å². The first-order valence-corrected chi connectivity index (χ1v) is 9.43. The molecule has 1 amide bonds. The zero-order valence-corrected chi connectivity index (χ0v) is 16.4. The molecule has 0 aliphatic heterocycles. The number of aromatic nitrogens is 1. The van der Waals surface area contributed by atoms with Gasteiger partial charge in [-0.25, -0.2) is 4.79 Å². The zero-order chi connectivity index (χ0) is 22.8. The second-order valence-electron chi connectivity index (χ2n) is 6.94. The highest BCUT2D eigenvalue weighted by atomic mass is 19.4. The Hall–Kier alpha value is -3.62. The molecule has 0 aliphatic carbocycles. The van der Waals surface area contributed by atoms with Gasteiger partial charge >= 0.3 is 12.1 Å². The number of halogens is 3. The van der Waals surface area contributed by atoms with Gasteiger partial charge in [0, 0.05) is 24.5 Å². The Morgan fingerprint density at radius 3 is 2.39 bits per heavy atom. The van der Waals surface area contributed by atoms with Crippen LogP contribution in [-0.2, 0) is 23.9 Å². The number of nitrogens with one attached hydrogen (secondary N) is 1. The van der Waals surface area contributed by atoms with E-state index in [9.17, 15) is 32.7 Å². The van der Waals surface area contributed by atoms with E-state index in [0.717, 1.165) is 24.4 Å². The number of benzene rings is 2. The van der Waals surface area contributed by atoms with Crippen LogP contribution in [0.15, 0.2) is 59.5 Å². The van der Waals surface area contributed by atoms with E-state index in [4.69, 9.17) is 0 Å². The molecule has 0 unspecified atom stereocenters. The van der Waals surface area contributed by atoms with Crippen LogP contribution in [0.25, 0.3) is 10.9 Å². The van der Waals surface area contributed by atoms with Crippen LogP contribution < -0.4 is 10.7 Å². The van der Waals surface area contributed by atoms with Crippen LogP contribution in [0.4, 0.5) is 13.2 Å². The molecule has 31 heavy (non-hydrogen) atoms. The van der Waals surface area contributed by atoms with Crippen LogP contribution in [0.3, 0.4) is 0 Å². The summed E-state index contributed by atoms with van der Waals surface area (Å²) in [5, 5.41) is 11.8. The van der Waals surface area contributed by atoms with Crippen molar-refractivity contribution < 1.29 is 27.9 Å². The molecule has 162 valence electrons. The van der Waals surface area contributed by atoms with E-state index in [1.165, 1.54) is 4.57 Å². The Morgan fingerprint density at radius 1 is 1.13 bits per heavy atom. The van der Waals surface area contributed by atoms with Crippen molar-refractivity contribution in [2.24, 2.45) is 0 Å². The average Bonchev–Trinajstić information content (AvgIpc) is 2.73. The largest absolute Gasteiger partial charge is 0.480 e. The summed E-state index contributed by atoms with van der Waals surface area (Å²) < 4.78 is 40.5. The number of carboxylic acid groups (broad SMARTS) is 1. The molecule has 3 rings (SSSR count). The molecule has 3 aromatic rings. The summed E-state index contributed by atoms with van der Waals surface area (Å²) in [5.74, 6) is -2.18.